The Kier molecular flexibility index (Phi) is 4.59. The molecule has 0 spiro atoms. The van der Waals surface area contributed by atoms with E-state index in [2.05, 4.69) is 101 Å². The molecule has 0 fully saturated rings. The van der Waals surface area contributed by atoms with Crippen molar-refractivity contribution < 1.29 is 0 Å². The van der Waals surface area contributed by atoms with Crippen LogP contribution < -0.4 is 4.90 Å². The van der Waals surface area contributed by atoms with Crippen molar-refractivity contribution in [2.45, 2.75) is 13.5 Å². The first-order chi connectivity index (χ1) is 10.8. The summed E-state index contributed by atoms with van der Waals surface area (Å²) >= 11 is 3.66. The molecule has 0 bridgehead atoms. The third-order valence-corrected chi connectivity index (χ3v) is 4.53. The highest BCUT2D eigenvalue weighted by Gasteiger charge is 2.13. The Morgan fingerprint density at radius 3 is 2.14 bits per heavy atom. The molecule has 0 saturated carbocycles. The van der Waals surface area contributed by atoms with Gasteiger partial charge in [0.05, 0.1) is 0 Å². The van der Waals surface area contributed by atoms with E-state index in [0.29, 0.717) is 0 Å². The summed E-state index contributed by atoms with van der Waals surface area (Å²) in [5, 5.41) is 0. The van der Waals surface area contributed by atoms with E-state index in [0.717, 1.165) is 11.0 Å². The fourth-order valence-corrected chi connectivity index (χ4v) is 3.00. The molecule has 1 nitrogen and oxygen atoms in total. The van der Waals surface area contributed by atoms with Gasteiger partial charge in [0.2, 0.25) is 0 Å². The van der Waals surface area contributed by atoms with E-state index in [4.69, 9.17) is 0 Å². The molecule has 0 heterocycles. The van der Waals surface area contributed by atoms with Gasteiger partial charge in [0.15, 0.2) is 0 Å². The van der Waals surface area contributed by atoms with Gasteiger partial charge in [-0.3, -0.25) is 0 Å². The van der Waals surface area contributed by atoms with Crippen molar-refractivity contribution in [3.63, 3.8) is 0 Å². The van der Waals surface area contributed by atoms with Gasteiger partial charge in [-0.25, -0.2) is 0 Å². The molecule has 0 saturated heterocycles. The zero-order chi connectivity index (χ0) is 15.4. The van der Waals surface area contributed by atoms with Gasteiger partial charge in [0.25, 0.3) is 0 Å². The summed E-state index contributed by atoms with van der Waals surface area (Å²) in [6.07, 6.45) is 0. The van der Waals surface area contributed by atoms with Gasteiger partial charge in [-0.1, -0.05) is 70.5 Å². The van der Waals surface area contributed by atoms with Crippen LogP contribution in [0.5, 0.6) is 0 Å². The summed E-state index contributed by atoms with van der Waals surface area (Å²) in [6.45, 7) is 2.99. The van der Waals surface area contributed by atoms with E-state index in [9.17, 15) is 0 Å². The predicted octanol–water partition coefficient (Wildman–Crippen LogP) is 6.10. The minimum atomic E-state index is 0.830. The minimum absolute atomic E-state index is 0.830. The van der Waals surface area contributed by atoms with Crippen molar-refractivity contribution >= 4 is 27.3 Å². The maximum Gasteiger partial charge on any atom is 0.0493 e. The van der Waals surface area contributed by atoms with Gasteiger partial charge in [-0.15, -0.1) is 0 Å². The Hall–Kier alpha value is -2.06. The van der Waals surface area contributed by atoms with Crippen LogP contribution in [0.3, 0.4) is 0 Å². The maximum atomic E-state index is 3.66. The number of benzene rings is 3. The van der Waals surface area contributed by atoms with E-state index in [1.54, 1.807) is 0 Å². The van der Waals surface area contributed by atoms with E-state index in [1.807, 2.05) is 6.07 Å². The average Bonchev–Trinajstić information content (AvgIpc) is 2.56. The van der Waals surface area contributed by atoms with E-state index >= 15 is 0 Å². The number of para-hydroxylation sites is 2. The Labute approximate surface area is 140 Å². The fourth-order valence-electron chi connectivity index (χ4n) is 2.59. The molecule has 0 unspecified atom stereocenters. The smallest absolute Gasteiger partial charge is 0.0493 e. The molecule has 22 heavy (non-hydrogen) atoms. The number of aryl methyl sites for hydroxylation is 1. The first kappa shape index (κ1) is 14.9. The number of hydrogen-bond donors (Lipinski definition) is 0. The van der Waals surface area contributed by atoms with Gasteiger partial charge in [-0.2, -0.15) is 0 Å². The lowest BCUT2D eigenvalue weighted by Gasteiger charge is -2.27. The zero-order valence-electron chi connectivity index (χ0n) is 12.5. The SMILES string of the molecule is Cc1ccccc1N(Cc1ccccc1Br)c1ccccc1. The maximum absolute atomic E-state index is 3.66. The molecule has 0 atom stereocenters. The highest BCUT2D eigenvalue weighted by molar-refractivity contribution is 9.10. The summed E-state index contributed by atoms with van der Waals surface area (Å²) in [5.41, 5.74) is 4.99. The second-order valence-corrected chi connectivity index (χ2v) is 6.15. The van der Waals surface area contributed by atoms with E-state index in [1.165, 1.54) is 22.5 Å². The summed E-state index contributed by atoms with van der Waals surface area (Å²) in [7, 11) is 0. The Bertz CT molecular complexity index is 752. The van der Waals surface area contributed by atoms with Crippen molar-refractivity contribution in [1.29, 1.82) is 0 Å². The van der Waals surface area contributed by atoms with E-state index < -0.39 is 0 Å². The highest BCUT2D eigenvalue weighted by atomic mass is 79.9. The van der Waals surface area contributed by atoms with Crippen LogP contribution in [-0.4, -0.2) is 0 Å². The molecule has 3 rings (SSSR count). The number of rotatable bonds is 4. The minimum Gasteiger partial charge on any atom is -0.337 e. The van der Waals surface area contributed by atoms with Crippen LogP contribution >= 0.6 is 15.9 Å². The van der Waals surface area contributed by atoms with Gasteiger partial charge >= 0.3 is 0 Å². The largest absolute Gasteiger partial charge is 0.337 e. The normalized spacial score (nSPS) is 10.5. The molecule has 0 aliphatic carbocycles. The van der Waals surface area contributed by atoms with Crippen LogP contribution in [0.4, 0.5) is 11.4 Å². The third kappa shape index (κ3) is 3.23. The molecular weight excluding hydrogens is 334 g/mol. The van der Waals surface area contributed by atoms with Gasteiger partial charge < -0.3 is 4.90 Å². The second kappa shape index (κ2) is 6.80. The van der Waals surface area contributed by atoms with Crippen LogP contribution in [0.15, 0.2) is 83.3 Å². The Balaban J connectivity index is 2.05. The first-order valence-corrected chi connectivity index (χ1v) is 8.16. The van der Waals surface area contributed by atoms with Crippen molar-refractivity contribution in [3.05, 3.63) is 94.5 Å². The van der Waals surface area contributed by atoms with Crippen molar-refractivity contribution in [1.82, 2.24) is 0 Å². The lowest BCUT2D eigenvalue weighted by Crippen LogP contribution is -2.17. The molecule has 0 radical (unpaired) electrons. The topological polar surface area (TPSA) is 3.24 Å². The molecule has 0 aliphatic heterocycles. The standard InChI is InChI=1S/C20H18BrN/c1-16-9-5-8-14-20(16)22(18-11-3-2-4-12-18)15-17-10-6-7-13-19(17)21/h2-14H,15H2,1H3. The molecule has 3 aromatic carbocycles. The van der Waals surface area contributed by atoms with Crippen LogP contribution in [0.1, 0.15) is 11.1 Å². The molecule has 3 aromatic rings. The lowest BCUT2D eigenvalue weighted by molar-refractivity contribution is 0.963. The van der Waals surface area contributed by atoms with Crippen LogP contribution in [-0.2, 0) is 6.54 Å². The summed E-state index contributed by atoms with van der Waals surface area (Å²) in [4.78, 5) is 2.36. The Morgan fingerprint density at radius 2 is 1.41 bits per heavy atom. The monoisotopic (exact) mass is 351 g/mol. The quantitative estimate of drug-likeness (QED) is 0.549. The molecule has 2 heteroatoms. The van der Waals surface area contributed by atoms with E-state index in [-0.39, 0.29) is 0 Å². The fraction of sp³-hybridized carbons (Fsp3) is 0.100. The van der Waals surface area contributed by atoms with Crippen LogP contribution in [0.25, 0.3) is 0 Å². The van der Waals surface area contributed by atoms with Gasteiger partial charge in [0.1, 0.15) is 0 Å². The van der Waals surface area contributed by atoms with Crippen molar-refractivity contribution in [2.75, 3.05) is 4.90 Å². The predicted molar refractivity (Wildman–Crippen MR) is 97.6 cm³/mol. The lowest BCUT2D eigenvalue weighted by atomic mass is 10.1. The van der Waals surface area contributed by atoms with Gasteiger partial charge in [0, 0.05) is 22.4 Å². The number of halogens is 1. The van der Waals surface area contributed by atoms with Crippen LogP contribution in [0, 0.1) is 6.92 Å². The van der Waals surface area contributed by atoms with Crippen LogP contribution in [0.2, 0.25) is 0 Å². The second-order valence-electron chi connectivity index (χ2n) is 5.30. The summed E-state index contributed by atoms with van der Waals surface area (Å²) in [5.74, 6) is 0. The Morgan fingerprint density at radius 1 is 0.773 bits per heavy atom. The highest BCUT2D eigenvalue weighted by Crippen LogP contribution is 2.31. The van der Waals surface area contributed by atoms with Gasteiger partial charge in [-0.05, 0) is 42.3 Å². The third-order valence-electron chi connectivity index (χ3n) is 3.76. The van der Waals surface area contributed by atoms with Crippen molar-refractivity contribution in [2.24, 2.45) is 0 Å². The number of hydrogen-bond acceptors (Lipinski definition) is 1. The summed E-state index contributed by atoms with van der Waals surface area (Å²) in [6, 6.07) is 27.4. The summed E-state index contributed by atoms with van der Waals surface area (Å²) < 4.78 is 1.14. The molecular formula is C20H18BrN. The molecule has 0 aromatic heterocycles. The number of anilines is 2. The zero-order valence-corrected chi connectivity index (χ0v) is 14.1. The first-order valence-electron chi connectivity index (χ1n) is 7.37. The molecule has 110 valence electrons. The average molecular weight is 352 g/mol. The molecule has 0 N–H and O–H groups in total. The van der Waals surface area contributed by atoms with Crippen molar-refractivity contribution in [3.8, 4) is 0 Å². The number of nitrogens with zero attached hydrogens (tertiary/aromatic N) is 1. The molecule has 0 aliphatic rings. The molecule has 0 amide bonds.